The lowest BCUT2D eigenvalue weighted by atomic mass is 10.2. The molecule has 0 aliphatic carbocycles. The minimum Gasteiger partial charge on any atom is -0.350 e. The normalized spacial score (nSPS) is 10.6. The minimum atomic E-state index is -0.464. The second-order valence-electron chi connectivity index (χ2n) is 6.49. The molecule has 2 amide bonds. The lowest BCUT2D eigenvalue weighted by Crippen LogP contribution is -2.27. The average molecular weight is 361 g/mol. The fraction of sp³-hybridized carbons (Fsp3) is 0.200. The summed E-state index contributed by atoms with van der Waals surface area (Å²) in [6.45, 7) is 4.52. The smallest absolute Gasteiger partial charge is 0.292 e. The van der Waals surface area contributed by atoms with Crippen molar-refractivity contribution in [1.29, 1.82) is 5.26 Å². The Morgan fingerprint density at radius 2 is 2.00 bits per heavy atom. The van der Waals surface area contributed by atoms with Crippen LogP contribution in [0.4, 0.5) is 5.69 Å². The number of carbonyl (C=O) groups is 2. The van der Waals surface area contributed by atoms with Gasteiger partial charge in [-0.15, -0.1) is 0 Å². The van der Waals surface area contributed by atoms with Gasteiger partial charge in [-0.1, -0.05) is 26.0 Å². The number of hydrogen-bond acceptors (Lipinski definition) is 4. The van der Waals surface area contributed by atoms with Gasteiger partial charge in [-0.25, -0.2) is 4.98 Å². The summed E-state index contributed by atoms with van der Waals surface area (Å²) in [7, 11) is 0. The zero-order valence-electron chi connectivity index (χ0n) is 15.1. The van der Waals surface area contributed by atoms with Gasteiger partial charge in [-0.3, -0.25) is 14.0 Å². The van der Waals surface area contributed by atoms with Gasteiger partial charge >= 0.3 is 0 Å². The van der Waals surface area contributed by atoms with E-state index >= 15 is 0 Å². The largest absolute Gasteiger partial charge is 0.350 e. The molecule has 1 aromatic carbocycles. The molecule has 0 atom stereocenters. The maximum atomic E-state index is 12.7. The van der Waals surface area contributed by atoms with Gasteiger partial charge in [0, 0.05) is 18.4 Å². The first-order valence-corrected chi connectivity index (χ1v) is 8.56. The molecule has 0 saturated heterocycles. The number of nitriles is 1. The summed E-state index contributed by atoms with van der Waals surface area (Å²) in [6, 6.07) is 13.9. The number of pyridine rings is 1. The van der Waals surface area contributed by atoms with Crippen molar-refractivity contribution >= 4 is 23.0 Å². The Morgan fingerprint density at radius 1 is 1.19 bits per heavy atom. The van der Waals surface area contributed by atoms with Gasteiger partial charge in [-0.05, 0) is 36.2 Å². The number of anilines is 1. The van der Waals surface area contributed by atoms with E-state index in [1.54, 1.807) is 53.1 Å². The van der Waals surface area contributed by atoms with Crippen molar-refractivity contribution < 1.29 is 9.59 Å². The molecule has 3 rings (SSSR count). The van der Waals surface area contributed by atoms with Crippen LogP contribution in [0.3, 0.4) is 0 Å². The van der Waals surface area contributed by atoms with E-state index in [0.29, 0.717) is 29.2 Å². The molecule has 0 radical (unpaired) electrons. The summed E-state index contributed by atoms with van der Waals surface area (Å²) < 4.78 is 1.58. The first kappa shape index (κ1) is 18.1. The monoisotopic (exact) mass is 361 g/mol. The van der Waals surface area contributed by atoms with Crippen LogP contribution in [0, 0.1) is 17.2 Å². The summed E-state index contributed by atoms with van der Waals surface area (Å²) in [5.74, 6) is -0.382. The third-order valence-electron chi connectivity index (χ3n) is 3.89. The SMILES string of the molecule is CC(C)CNC(=O)c1nc(C(=O)Nc2cccc(C#N)c2)n2ccccc12. The molecule has 2 aromatic heterocycles. The van der Waals surface area contributed by atoms with Crippen molar-refractivity contribution in [2.24, 2.45) is 5.92 Å². The average Bonchev–Trinajstić information content (AvgIpc) is 3.06. The minimum absolute atomic E-state index is 0.0997. The molecule has 0 aliphatic rings. The highest BCUT2D eigenvalue weighted by Crippen LogP contribution is 2.16. The maximum Gasteiger partial charge on any atom is 0.292 e. The number of benzene rings is 1. The molecule has 0 aliphatic heterocycles. The summed E-state index contributed by atoms with van der Waals surface area (Å²) in [6.07, 6.45) is 1.68. The zero-order valence-corrected chi connectivity index (χ0v) is 15.1. The Morgan fingerprint density at radius 3 is 2.74 bits per heavy atom. The Hall–Kier alpha value is -3.66. The Labute approximate surface area is 156 Å². The van der Waals surface area contributed by atoms with Crippen LogP contribution in [0.5, 0.6) is 0 Å². The molecule has 27 heavy (non-hydrogen) atoms. The number of hydrogen-bond donors (Lipinski definition) is 2. The topological polar surface area (TPSA) is 99.3 Å². The molecule has 7 heteroatoms. The second kappa shape index (κ2) is 7.70. The van der Waals surface area contributed by atoms with Crippen LogP contribution in [-0.4, -0.2) is 27.7 Å². The van der Waals surface area contributed by atoms with Crippen molar-refractivity contribution in [2.75, 3.05) is 11.9 Å². The summed E-state index contributed by atoms with van der Waals surface area (Å²) in [5, 5.41) is 14.5. The molecule has 0 saturated carbocycles. The number of imidazole rings is 1. The van der Waals surface area contributed by atoms with Gasteiger partial charge in [0.1, 0.15) is 0 Å². The summed E-state index contributed by atoms with van der Waals surface area (Å²) in [4.78, 5) is 29.5. The quantitative estimate of drug-likeness (QED) is 0.730. The van der Waals surface area contributed by atoms with E-state index in [1.807, 2.05) is 19.9 Å². The molecule has 0 fully saturated rings. The Kier molecular flexibility index (Phi) is 5.18. The highest BCUT2D eigenvalue weighted by Gasteiger charge is 2.21. The Balaban J connectivity index is 1.93. The first-order chi connectivity index (χ1) is 13.0. The second-order valence-corrected chi connectivity index (χ2v) is 6.49. The van der Waals surface area contributed by atoms with Gasteiger partial charge in [0.15, 0.2) is 5.69 Å². The van der Waals surface area contributed by atoms with Crippen molar-refractivity contribution in [3.05, 3.63) is 65.7 Å². The molecule has 2 heterocycles. The zero-order chi connectivity index (χ0) is 19.4. The molecule has 0 spiro atoms. The highest BCUT2D eigenvalue weighted by molar-refractivity contribution is 6.06. The van der Waals surface area contributed by atoms with Crippen LogP contribution in [-0.2, 0) is 0 Å². The van der Waals surface area contributed by atoms with Gasteiger partial charge in [-0.2, -0.15) is 5.26 Å². The standard InChI is InChI=1S/C20H19N5O2/c1-13(2)12-22-19(26)17-16-8-3-4-9-25(16)18(24-17)20(27)23-15-7-5-6-14(10-15)11-21/h3-10,13H,12H2,1-2H3,(H,22,26)(H,23,27). The van der Waals surface area contributed by atoms with Gasteiger partial charge in [0.25, 0.3) is 11.8 Å². The molecular formula is C20H19N5O2. The predicted molar refractivity (Wildman–Crippen MR) is 101 cm³/mol. The third-order valence-corrected chi connectivity index (χ3v) is 3.89. The predicted octanol–water partition coefficient (Wildman–Crippen LogP) is 2.84. The van der Waals surface area contributed by atoms with E-state index in [4.69, 9.17) is 5.26 Å². The maximum absolute atomic E-state index is 12.7. The van der Waals surface area contributed by atoms with E-state index in [1.165, 1.54) is 0 Å². The number of nitrogens with zero attached hydrogens (tertiary/aromatic N) is 3. The molecule has 0 unspecified atom stereocenters. The fourth-order valence-electron chi connectivity index (χ4n) is 2.60. The molecule has 3 aromatic rings. The van der Waals surface area contributed by atoms with Gasteiger partial charge in [0.05, 0.1) is 17.1 Å². The van der Waals surface area contributed by atoms with Crippen molar-refractivity contribution in [3.8, 4) is 6.07 Å². The van der Waals surface area contributed by atoms with E-state index < -0.39 is 5.91 Å². The van der Waals surface area contributed by atoms with E-state index in [0.717, 1.165) is 0 Å². The Bertz CT molecular complexity index is 1050. The van der Waals surface area contributed by atoms with E-state index in [9.17, 15) is 9.59 Å². The van der Waals surface area contributed by atoms with E-state index in [2.05, 4.69) is 15.6 Å². The molecule has 136 valence electrons. The number of rotatable bonds is 5. The van der Waals surface area contributed by atoms with Crippen molar-refractivity contribution in [3.63, 3.8) is 0 Å². The van der Waals surface area contributed by atoms with Crippen LogP contribution in [0.1, 0.15) is 40.5 Å². The molecular weight excluding hydrogens is 342 g/mol. The fourth-order valence-corrected chi connectivity index (χ4v) is 2.60. The molecule has 2 N–H and O–H groups in total. The number of carbonyl (C=O) groups excluding carboxylic acids is 2. The highest BCUT2D eigenvalue weighted by atomic mass is 16.2. The number of nitrogens with one attached hydrogen (secondary N) is 2. The van der Waals surface area contributed by atoms with Crippen LogP contribution in [0.2, 0.25) is 0 Å². The first-order valence-electron chi connectivity index (χ1n) is 8.56. The number of fused-ring (bicyclic) bond motifs is 1. The van der Waals surface area contributed by atoms with Gasteiger partial charge in [0.2, 0.25) is 5.82 Å². The molecule has 0 bridgehead atoms. The van der Waals surface area contributed by atoms with Crippen molar-refractivity contribution in [1.82, 2.24) is 14.7 Å². The van der Waals surface area contributed by atoms with Crippen LogP contribution < -0.4 is 10.6 Å². The van der Waals surface area contributed by atoms with Crippen LogP contribution in [0.25, 0.3) is 5.52 Å². The van der Waals surface area contributed by atoms with Crippen molar-refractivity contribution in [2.45, 2.75) is 13.8 Å². The molecule has 7 nitrogen and oxygen atoms in total. The van der Waals surface area contributed by atoms with Crippen LogP contribution in [0.15, 0.2) is 48.7 Å². The van der Waals surface area contributed by atoms with Gasteiger partial charge < -0.3 is 10.6 Å². The lowest BCUT2D eigenvalue weighted by Gasteiger charge is -2.05. The number of aromatic nitrogens is 2. The summed E-state index contributed by atoms with van der Waals surface area (Å²) in [5.41, 5.74) is 1.67. The summed E-state index contributed by atoms with van der Waals surface area (Å²) >= 11 is 0. The van der Waals surface area contributed by atoms with Crippen LogP contribution >= 0.6 is 0 Å². The third kappa shape index (κ3) is 3.96. The van der Waals surface area contributed by atoms with E-state index in [-0.39, 0.29) is 17.4 Å². The number of amides is 2. The lowest BCUT2D eigenvalue weighted by molar-refractivity contribution is 0.0946.